The number of furan rings is 1. The van der Waals surface area contributed by atoms with Crippen molar-refractivity contribution in [2.75, 3.05) is 36.3 Å². The maximum Gasteiger partial charge on any atom is 0.293 e. The normalized spacial score (nSPS) is 15.0. The van der Waals surface area contributed by atoms with Gasteiger partial charge in [-0.2, -0.15) is 0 Å². The van der Waals surface area contributed by atoms with Gasteiger partial charge in [0.25, 0.3) is 5.91 Å². The number of ether oxygens (including phenoxy) is 2. The molecule has 188 valence electrons. The van der Waals surface area contributed by atoms with Gasteiger partial charge in [-0.15, -0.1) is 0 Å². The highest BCUT2D eigenvalue weighted by Crippen LogP contribution is 2.35. The van der Waals surface area contributed by atoms with E-state index >= 15 is 0 Å². The highest BCUT2D eigenvalue weighted by molar-refractivity contribution is 6.15. The molecule has 4 aromatic rings. The number of methoxy groups -OCH3 is 2. The molecule has 1 aromatic heterocycles. The van der Waals surface area contributed by atoms with Crippen LogP contribution in [-0.4, -0.2) is 38.5 Å². The van der Waals surface area contributed by atoms with Gasteiger partial charge in [0.2, 0.25) is 17.6 Å². The number of fused-ring (bicyclic) bond motifs is 1. The van der Waals surface area contributed by atoms with Gasteiger partial charge in [0.1, 0.15) is 22.8 Å². The van der Waals surface area contributed by atoms with Gasteiger partial charge in [-0.1, -0.05) is 30.3 Å². The summed E-state index contributed by atoms with van der Waals surface area (Å²) >= 11 is 0. The van der Waals surface area contributed by atoms with Crippen LogP contribution >= 0.6 is 0 Å². The standard InChI is InChI=1S/C28H25N3O6/c1-35-19-12-13-23(36-2)21(15-19)29-28(34)26-25(20-10-6-7-11-22(20)37-26)30-27(33)17-14-24(32)31(16-17)18-8-4-3-5-9-18/h3-13,15,17H,14,16H2,1-2H3,(H,29,34)(H,30,33)/t17-/m0/s1. The summed E-state index contributed by atoms with van der Waals surface area (Å²) in [4.78, 5) is 40.9. The Kier molecular flexibility index (Phi) is 6.51. The third-order valence-electron chi connectivity index (χ3n) is 6.27. The first-order valence-electron chi connectivity index (χ1n) is 11.7. The summed E-state index contributed by atoms with van der Waals surface area (Å²) in [6, 6.07) is 21.3. The molecule has 0 spiro atoms. The van der Waals surface area contributed by atoms with E-state index in [2.05, 4.69) is 10.6 Å². The Balaban J connectivity index is 1.42. The molecule has 5 rings (SSSR count). The van der Waals surface area contributed by atoms with Crippen LogP contribution < -0.4 is 25.0 Å². The third kappa shape index (κ3) is 4.71. The Morgan fingerprint density at radius 3 is 2.46 bits per heavy atom. The van der Waals surface area contributed by atoms with E-state index in [9.17, 15) is 14.4 Å². The molecule has 3 amide bonds. The van der Waals surface area contributed by atoms with Crippen LogP contribution in [0.25, 0.3) is 11.0 Å². The van der Waals surface area contributed by atoms with Crippen LogP contribution in [-0.2, 0) is 9.59 Å². The van der Waals surface area contributed by atoms with Crippen molar-refractivity contribution in [1.82, 2.24) is 0 Å². The highest BCUT2D eigenvalue weighted by Gasteiger charge is 2.36. The predicted molar refractivity (Wildman–Crippen MR) is 139 cm³/mol. The Bertz CT molecular complexity index is 1480. The molecule has 1 saturated heterocycles. The molecule has 0 unspecified atom stereocenters. The van der Waals surface area contributed by atoms with Crippen LogP contribution in [0.3, 0.4) is 0 Å². The lowest BCUT2D eigenvalue weighted by Gasteiger charge is -2.16. The number of para-hydroxylation sites is 2. The summed E-state index contributed by atoms with van der Waals surface area (Å²) in [5.41, 5.74) is 1.80. The van der Waals surface area contributed by atoms with E-state index in [0.717, 1.165) is 5.69 Å². The molecule has 1 fully saturated rings. The summed E-state index contributed by atoms with van der Waals surface area (Å²) in [6.45, 7) is 0.243. The summed E-state index contributed by atoms with van der Waals surface area (Å²) in [6.07, 6.45) is 0.0685. The second-order valence-corrected chi connectivity index (χ2v) is 8.55. The zero-order valence-corrected chi connectivity index (χ0v) is 20.3. The lowest BCUT2D eigenvalue weighted by atomic mass is 10.1. The summed E-state index contributed by atoms with van der Waals surface area (Å²) in [5.74, 6) is -0.770. The number of anilines is 3. The van der Waals surface area contributed by atoms with Gasteiger partial charge in [0.15, 0.2) is 0 Å². The van der Waals surface area contributed by atoms with Crippen molar-refractivity contribution < 1.29 is 28.3 Å². The van der Waals surface area contributed by atoms with E-state index in [4.69, 9.17) is 13.9 Å². The number of nitrogens with one attached hydrogen (secondary N) is 2. The van der Waals surface area contributed by atoms with Crippen LogP contribution in [0, 0.1) is 5.92 Å². The van der Waals surface area contributed by atoms with E-state index in [-0.39, 0.29) is 36.2 Å². The number of hydrogen-bond donors (Lipinski definition) is 2. The Morgan fingerprint density at radius 2 is 1.70 bits per heavy atom. The molecule has 0 bridgehead atoms. The van der Waals surface area contributed by atoms with Crippen LogP contribution in [0.15, 0.2) is 77.2 Å². The summed E-state index contributed by atoms with van der Waals surface area (Å²) < 4.78 is 16.5. The highest BCUT2D eigenvalue weighted by atomic mass is 16.5. The fourth-order valence-electron chi connectivity index (χ4n) is 4.39. The molecule has 9 nitrogen and oxygen atoms in total. The quantitative estimate of drug-likeness (QED) is 0.382. The topological polar surface area (TPSA) is 110 Å². The second-order valence-electron chi connectivity index (χ2n) is 8.55. The second kappa shape index (κ2) is 10.1. The van der Waals surface area contributed by atoms with E-state index < -0.39 is 11.8 Å². The number of hydrogen-bond acceptors (Lipinski definition) is 6. The van der Waals surface area contributed by atoms with Crippen LogP contribution in [0.5, 0.6) is 11.5 Å². The minimum absolute atomic E-state index is 0.0661. The number of nitrogens with zero attached hydrogens (tertiary/aromatic N) is 1. The van der Waals surface area contributed by atoms with Crippen molar-refractivity contribution in [1.29, 1.82) is 0 Å². The van der Waals surface area contributed by atoms with Crippen LogP contribution in [0.1, 0.15) is 17.0 Å². The number of carbonyl (C=O) groups excluding carboxylic acids is 3. The Hall–Kier alpha value is -4.79. The minimum atomic E-state index is -0.587. The zero-order chi connectivity index (χ0) is 25.9. The SMILES string of the molecule is COc1ccc(OC)c(NC(=O)c2oc3ccccc3c2NC(=O)[C@H]2CC(=O)N(c3ccccc3)C2)c1. The molecule has 9 heteroatoms. The number of amides is 3. The molecular weight excluding hydrogens is 474 g/mol. The van der Waals surface area contributed by atoms with Crippen molar-refractivity contribution in [3.05, 3.63) is 78.6 Å². The largest absolute Gasteiger partial charge is 0.497 e. The van der Waals surface area contributed by atoms with Gasteiger partial charge in [0, 0.05) is 30.1 Å². The molecule has 3 aromatic carbocycles. The summed E-state index contributed by atoms with van der Waals surface area (Å²) in [7, 11) is 3.01. The Morgan fingerprint density at radius 1 is 0.946 bits per heavy atom. The van der Waals surface area contributed by atoms with Gasteiger partial charge < -0.3 is 29.4 Å². The van der Waals surface area contributed by atoms with Gasteiger partial charge in [-0.25, -0.2) is 0 Å². The maximum absolute atomic E-state index is 13.3. The van der Waals surface area contributed by atoms with Gasteiger partial charge in [0.05, 0.1) is 25.8 Å². The molecule has 0 aliphatic carbocycles. The van der Waals surface area contributed by atoms with E-state index in [1.165, 1.54) is 14.2 Å². The molecule has 2 heterocycles. The van der Waals surface area contributed by atoms with Crippen LogP contribution in [0.2, 0.25) is 0 Å². The maximum atomic E-state index is 13.3. The van der Waals surface area contributed by atoms with E-state index in [0.29, 0.717) is 28.2 Å². The lowest BCUT2D eigenvalue weighted by Crippen LogP contribution is -2.28. The van der Waals surface area contributed by atoms with Crippen LogP contribution in [0.4, 0.5) is 17.1 Å². The molecule has 2 N–H and O–H groups in total. The summed E-state index contributed by atoms with van der Waals surface area (Å²) in [5, 5.41) is 6.21. The number of benzene rings is 3. The minimum Gasteiger partial charge on any atom is -0.497 e. The molecule has 1 aliphatic rings. The van der Waals surface area contributed by atoms with Crippen molar-refractivity contribution in [2.24, 2.45) is 5.92 Å². The molecule has 1 atom stereocenters. The lowest BCUT2D eigenvalue weighted by molar-refractivity contribution is -0.122. The van der Waals surface area contributed by atoms with Crippen molar-refractivity contribution in [3.8, 4) is 11.5 Å². The van der Waals surface area contributed by atoms with Crippen molar-refractivity contribution in [2.45, 2.75) is 6.42 Å². The van der Waals surface area contributed by atoms with E-state index in [1.807, 2.05) is 30.3 Å². The molecule has 1 aliphatic heterocycles. The first-order valence-corrected chi connectivity index (χ1v) is 11.7. The molecule has 0 radical (unpaired) electrons. The average Bonchev–Trinajstić information content (AvgIpc) is 3.50. The third-order valence-corrected chi connectivity index (χ3v) is 6.27. The van der Waals surface area contributed by atoms with Gasteiger partial charge >= 0.3 is 0 Å². The Labute approximate surface area is 213 Å². The monoisotopic (exact) mass is 499 g/mol. The van der Waals surface area contributed by atoms with E-state index in [1.54, 1.807) is 47.4 Å². The van der Waals surface area contributed by atoms with Gasteiger partial charge in [-0.3, -0.25) is 14.4 Å². The number of carbonyl (C=O) groups is 3. The van der Waals surface area contributed by atoms with Crippen molar-refractivity contribution >= 4 is 45.8 Å². The smallest absolute Gasteiger partial charge is 0.293 e. The molecule has 0 saturated carbocycles. The van der Waals surface area contributed by atoms with Gasteiger partial charge in [-0.05, 0) is 36.4 Å². The zero-order valence-electron chi connectivity index (χ0n) is 20.3. The predicted octanol–water partition coefficient (Wildman–Crippen LogP) is 4.69. The molecule has 37 heavy (non-hydrogen) atoms. The average molecular weight is 500 g/mol. The fourth-order valence-corrected chi connectivity index (χ4v) is 4.39. The fraction of sp³-hybridized carbons (Fsp3) is 0.179. The first kappa shape index (κ1) is 23.9. The number of rotatable bonds is 7. The van der Waals surface area contributed by atoms with Crippen molar-refractivity contribution in [3.63, 3.8) is 0 Å². The molecular formula is C28H25N3O6. The first-order chi connectivity index (χ1) is 18.0.